The third-order valence-corrected chi connectivity index (χ3v) is 3.95. The molecule has 2 aromatic rings. The number of nitrogens with zero attached hydrogens (tertiary/aromatic N) is 1. The Morgan fingerprint density at radius 2 is 2.00 bits per heavy atom. The van der Waals surface area contributed by atoms with Crippen LogP contribution in [-0.2, 0) is 13.0 Å². The number of anilines is 1. The van der Waals surface area contributed by atoms with Crippen molar-refractivity contribution in [3.05, 3.63) is 65.2 Å². The van der Waals surface area contributed by atoms with Crippen molar-refractivity contribution in [2.75, 3.05) is 18.4 Å². The average molecular weight is 280 g/mol. The number of amides is 1. The van der Waals surface area contributed by atoms with Crippen molar-refractivity contribution in [1.82, 2.24) is 4.90 Å². The highest BCUT2D eigenvalue weighted by molar-refractivity contribution is 5.95. The molecule has 0 aliphatic carbocycles. The molecule has 0 atom stereocenters. The van der Waals surface area contributed by atoms with E-state index >= 15 is 0 Å². The van der Waals surface area contributed by atoms with E-state index in [1.165, 1.54) is 5.56 Å². The molecular formula is C18H20N2O. The lowest BCUT2D eigenvalue weighted by Gasteiger charge is -2.21. The molecule has 108 valence electrons. The van der Waals surface area contributed by atoms with E-state index < -0.39 is 0 Å². The van der Waals surface area contributed by atoms with Crippen LogP contribution < -0.4 is 5.32 Å². The Hall–Kier alpha value is -2.29. The molecule has 0 bridgehead atoms. The van der Waals surface area contributed by atoms with E-state index in [0.29, 0.717) is 13.1 Å². The Balaban J connectivity index is 1.79. The van der Waals surface area contributed by atoms with Crippen LogP contribution >= 0.6 is 0 Å². The first-order valence-corrected chi connectivity index (χ1v) is 7.48. The van der Waals surface area contributed by atoms with E-state index in [0.717, 1.165) is 29.8 Å². The topological polar surface area (TPSA) is 32.3 Å². The molecular weight excluding hydrogens is 260 g/mol. The standard InChI is InChI=1S/C18H20N2O/c1-2-20(13-14-6-4-3-5-7-14)18(21)16-8-9-17-15(12-16)10-11-19-17/h3-9,12,19H,2,10-11,13H2,1H3. The summed E-state index contributed by atoms with van der Waals surface area (Å²) in [5, 5.41) is 3.32. The summed E-state index contributed by atoms with van der Waals surface area (Å²) in [5.41, 5.74) is 4.36. The van der Waals surface area contributed by atoms with Crippen LogP contribution in [0.1, 0.15) is 28.4 Å². The van der Waals surface area contributed by atoms with E-state index in [9.17, 15) is 4.79 Å². The van der Waals surface area contributed by atoms with Gasteiger partial charge in [0.15, 0.2) is 0 Å². The van der Waals surface area contributed by atoms with Crippen LogP contribution in [0.4, 0.5) is 5.69 Å². The van der Waals surface area contributed by atoms with Crippen molar-refractivity contribution >= 4 is 11.6 Å². The van der Waals surface area contributed by atoms with Crippen molar-refractivity contribution in [3.8, 4) is 0 Å². The van der Waals surface area contributed by atoms with Crippen LogP contribution in [0.25, 0.3) is 0 Å². The third-order valence-electron chi connectivity index (χ3n) is 3.95. The van der Waals surface area contributed by atoms with Gasteiger partial charge in [0, 0.05) is 30.9 Å². The quantitative estimate of drug-likeness (QED) is 0.932. The zero-order chi connectivity index (χ0) is 14.7. The molecule has 1 heterocycles. The van der Waals surface area contributed by atoms with Crippen molar-refractivity contribution < 1.29 is 4.79 Å². The molecule has 3 heteroatoms. The van der Waals surface area contributed by atoms with E-state index in [1.54, 1.807) is 0 Å². The first-order chi connectivity index (χ1) is 10.3. The van der Waals surface area contributed by atoms with Crippen molar-refractivity contribution in [2.45, 2.75) is 19.9 Å². The third kappa shape index (κ3) is 2.92. The van der Waals surface area contributed by atoms with Gasteiger partial charge in [-0.05, 0) is 42.7 Å². The fourth-order valence-electron chi connectivity index (χ4n) is 2.75. The second-order valence-corrected chi connectivity index (χ2v) is 5.35. The second kappa shape index (κ2) is 6.00. The van der Waals surface area contributed by atoms with Crippen LogP contribution in [0, 0.1) is 0 Å². The lowest BCUT2D eigenvalue weighted by Crippen LogP contribution is -2.30. The van der Waals surface area contributed by atoms with Crippen LogP contribution in [0.2, 0.25) is 0 Å². The van der Waals surface area contributed by atoms with Gasteiger partial charge in [-0.15, -0.1) is 0 Å². The summed E-state index contributed by atoms with van der Waals surface area (Å²) in [7, 11) is 0. The summed E-state index contributed by atoms with van der Waals surface area (Å²) in [4.78, 5) is 14.6. The second-order valence-electron chi connectivity index (χ2n) is 5.35. The van der Waals surface area contributed by atoms with Gasteiger partial charge in [-0.1, -0.05) is 30.3 Å². The van der Waals surface area contributed by atoms with Crippen molar-refractivity contribution in [2.24, 2.45) is 0 Å². The predicted octanol–water partition coefficient (Wildman–Crippen LogP) is 3.32. The fourth-order valence-corrected chi connectivity index (χ4v) is 2.75. The molecule has 0 radical (unpaired) electrons. The minimum atomic E-state index is 0.107. The van der Waals surface area contributed by atoms with Crippen LogP contribution in [0.15, 0.2) is 48.5 Å². The molecule has 0 saturated heterocycles. The van der Waals surface area contributed by atoms with Gasteiger partial charge in [0.05, 0.1) is 0 Å². The smallest absolute Gasteiger partial charge is 0.254 e. The highest BCUT2D eigenvalue weighted by Crippen LogP contribution is 2.23. The molecule has 3 rings (SSSR count). The highest BCUT2D eigenvalue weighted by Gasteiger charge is 2.17. The Kier molecular flexibility index (Phi) is 3.91. The summed E-state index contributed by atoms with van der Waals surface area (Å²) in [6.45, 7) is 4.36. The highest BCUT2D eigenvalue weighted by atomic mass is 16.2. The van der Waals surface area contributed by atoms with E-state index in [4.69, 9.17) is 0 Å². The largest absolute Gasteiger partial charge is 0.384 e. The molecule has 0 spiro atoms. The number of carbonyl (C=O) groups excluding carboxylic acids is 1. The van der Waals surface area contributed by atoms with E-state index in [1.807, 2.05) is 48.2 Å². The van der Waals surface area contributed by atoms with Crippen molar-refractivity contribution in [3.63, 3.8) is 0 Å². The molecule has 1 aliphatic rings. The Labute approximate surface area is 125 Å². The van der Waals surface area contributed by atoms with E-state index in [2.05, 4.69) is 17.4 Å². The van der Waals surface area contributed by atoms with Gasteiger partial charge in [-0.2, -0.15) is 0 Å². The zero-order valence-corrected chi connectivity index (χ0v) is 12.3. The number of rotatable bonds is 4. The van der Waals surface area contributed by atoms with Gasteiger partial charge in [0.25, 0.3) is 5.91 Å². The summed E-state index contributed by atoms with van der Waals surface area (Å²) in [6, 6.07) is 16.1. The summed E-state index contributed by atoms with van der Waals surface area (Å²) in [6.07, 6.45) is 1.00. The minimum Gasteiger partial charge on any atom is -0.384 e. The molecule has 0 aromatic heterocycles. The number of nitrogens with one attached hydrogen (secondary N) is 1. The van der Waals surface area contributed by atoms with Crippen molar-refractivity contribution in [1.29, 1.82) is 0 Å². The lowest BCUT2D eigenvalue weighted by molar-refractivity contribution is 0.0752. The Morgan fingerprint density at radius 1 is 1.19 bits per heavy atom. The number of benzene rings is 2. The average Bonchev–Trinajstić information content (AvgIpc) is 3.00. The number of hydrogen-bond donors (Lipinski definition) is 1. The van der Waals surface area contributed by atoms with Gasteiger partial charge in [0.2, 0.25) is 0 Å². The molecule has 2 aromatic carbocycles. The number of fused-ring (bicyclic) bond motifs is 1. The van der Waals surface area contributed by atoms with Gasteiger partial charge < -0.3 is 10.2 Å². The normalized spacial score (nSPS) is 12.6. The Bertz CT molecular complexity index is 637. The summed E-state index contributed by atoms with van der Waals surface area (Å²) < 4.78 is 0. The lowest BCUT2D eigenvalue weighted by atomic mass is 10.1. The molecule has 1 aliphatic heterocycles. The number of carbonyl (C=O) groups is 1. The van der Waals surface area contributed by atoms with E-state index in [-0.39, 0.29) is 5.91 Å². The molecule has 1 amide bonds. The first kappa shape index (κ1) is 13.7. The summed E-state index contributed by atoms with van der Waals surface area (Å²) in [5.74, 6) is 0.107. The SMILES string of the molecule is CCN(Cc1ccccc1)C(=O)c1ccc2c(c1)CCN2. The molecule has 0 fully saturated rings. The molecule has 1 N–H and O–H groups in total. The van der Waals surface area contributed by atoms with Gasteiger partial charge in [-0.3, -0.25) is 4.79 Å². The Morgan fingerprint density at radius 3 is 2.76 bits per heavy atom. The maximum Gasteiger partial charge on any atom is 0.254 e. The molecule has 21 heavy (non-hydrogen) atoms. The van der Waals surface area contributed by atoms with Crippen LogP contribution in [-0.4, -0.2) is 23.9 Å². The predicted molar refractivity (Wildman–Crippen MR) is 85.5 cm³/mol. The first-order valence-electron chi connectivity index (χ1n) is 7.48. The van der Waals surface area contributed by atoms with Crippen LogP contribution in [0.3, 0.4) is 0 Å². The number of hydrogen-bond acceptors (Lipinski definition) is 2. The van der Waals surface area contributed by atoms with Gasteiger partial charge in [0.1, 0.15) is 0 Å². The van der Waals surface area contributed by atoms with Crippen LogP contribution in [0.5, 0.6) is 0 Å². The minimum absolute atomic E-state index is 0.107. The maximum absolute atomic E-state index is 12.7. The molecule has 0 saturated carbocycles. The zero-order valence-electron chi connectivity index (χ0n) is 12.3. The maximum atomic E-state index is 12.7. The molecule has 0 unspecified atom stereocenters. The van der Waals surface area contributed by atoms with Gasteiger partial charge in [-0.25, -0.2) is 0 Å². The monoisotopic (exact) mass is 280 g/mol. The fraction of sp³-hybridized carbons (Fsp3) is 0.278. The molecule has 3 nitrogen and oxygen atoms in total. The van der Waals surface area contributed by atoms with Gasteiger partial charge >= 0.3 is 0 Å². The summed E-state index contributed by atoms with van der Waals surface area (Å²) >= 11 is 0.